The number of nitrogens with zero attached hydrogens (tertiary/aromatic N) is 2. The lowest BCUT2D eigenvalue weighted by molar-refractivity contribution is -0.138. The van der Waals surface area contributed by atoms with E-state index in [4.69, 9.17) is 16.7 Å². The lowest BCUT2D eigenvalue weighted by Gasteiger charge is -2.03. The Labute approximate surface area is 136 Å². The third kappa shape index (κ3) is 4.08. The number of thioether (sulfide) groups is 1. The van der Waals surface area contributed by atoms with E-state index in [9.17, 15) is 9.59 Å². The summed E-state index contributed by atoms with van der Waals surface area (Å²) in [5, 5.41) is 19.4. The van der Waals surface area contributed by atoms with Crippen LogP contribution in [0, 0.1) is 13.8 Å². The van der Waals surface area contributed by atoms with Gasteiger partial charge in [-0.2, -0.15) is 5.10 Å². The van der Waals surface area contributed by atoms with Crippen molar-refractivity contribution in [2.24, 2.45) is 10.2 Å². The summed E-state index contributed by atoms with van der Waals surface area (Å²) in [5.41, 5.74) is 2.74. The minimum absolute atomic E-state index is 0.241. The summed E-state index contributed by atoms with van der Waals surface area (Å²) < 4.78 is 0. The molecule has 2 rings (SSSR count). The summed E-state index contributed by atoms with van der Waals surface area (Å²) in [6.45, 7) is 3.81. The second-order valence-electron chi connectivity index (χ2n) is 4.81. The molecule has 1 aromatic carbocycles. The van der Waals surface area contributed by atoms with E-state index in [0.717, 1.165) is 33.5 Å². The lowest BCUT2D eigenvalue weighted by atomic mass is 10.1. The first kappa shape index (κ1) is 16.5. The van der Waals surface area contributed by atoms with Gasteiger partial charge in [-0.05, 0) is 42.7 Å². The summed E-state index contributed by atoms with van der Waals surface area (Å²) >= 11 is 7.15. The molecule has 6 nitrogen and oxygen atoms in total. The molecule has 8 heteroatoms. The van der Waals surface area contributed by atoms with Crippen LogP contribution in [-0.2, 0) is 9.59 Å². The van der Waals surface area contributed by atoms with Crippen LogP contribution in [0.15, 0.2) is 22.3 Å². The Bertz CT molecular complexity index is 665. The highest BCUT2D eigenvalue weighted by atomic mass is 35.5. The number of hydrogen-bond donors (Lipinski definition) is 2. The van der Waals surface area contributed by atoms with Gasteiger partial charge in [-0.3, -0.25) is 9.59 Å². The van der Waals surface area contributed by atoms with Gasteiger partial charge < -0.3 is 10.4 Å². The molecule has 116 valence electrons. The van der Waals surface area contributed by atoms with Crippen LogP contribution in [0.3, 0.4) is 0 Å². The van der Waals surface area contributed by atoms with Crippen molar-refractivity contribution in [2.45, 2.75) is 25.5 Å². The molecule has 22 heavy (non-hydrogen) atoms. The first-order valence-corrected chi connectivity index (χ1v) is 7.69. The maximum absolute atomic E-state index is 11.5. The van der Waals surface area contributed by atoms with Gasteiger partial charge in [0.1, 0.15) is 5.25 Å². The van der Waals surface area contributed by atoms with Gasteiger partial charge in [0.25, 0.3) is 0 Å². The molecule has 0 saturated carbocycles. The molecule has 1 aliphatic rings. The van der Waals surface area contributed by atoms with Crippen LogP contribution in [0.1, 0.15) is 23.1 Å². The van der Waals surface area contributed by atoms with E-state index in [1.807, 2.05) is 26.0 Å². The number of rotatable bonds is 4. The third-order valence-corrected chi connectivity index (χ3v) is 4.62. The standard InChI is InChI=1S/C14H14ClN3O3S/c1-7-3-9(4-8(2)12(7)15)6-16-18-14-17-13(21)10(22-14)5-11(19)20/h3-4,6,10H,5H2,1-2H3,(H,19,20)(H,17,18,21). The number of halogens is 1. The Balaban J connectivity index is 2.06. The zero-order valence-electron chi connectivity index (χ0n) is 12.0. The zero-order valence-corrected chi connectivity index (χ0v) is 13.5. The van der Waals surface area contributed by atoms with Crippen LogP contribution >= 0.6 is 23.4 Å². The van der Waals surface area contributed by atoms with Crippen LogP contribution in [0.4, 0.5) is 0 Å². The quantitative estimate of drug-likeness (QED) is 0.650. The molecule has 1 amide bonds. The fraction of sp³-hybridized carbons (Fsp3) is 0.286. The highest BCUT2D eigenvalue weighted by molar-refractivity contribution is 8.15. The fourth-order valence-electron chi connectivity index (χ4n) is 1.95. The molecule has 0 bridgehead atoms. The molecule has 0 aliphatic carbocycles. The second kappa shape index (κ2) is 6.93. The molecular formula is C14H14ClN3O3S. The van der Waals surface area contributed by atoms with E-state index in [-0.39, 0.29) is 12.3 Å². The Kier molecular flexibility index (Phi) is 5.20. The number of carbonyl (C=O) groups is 2. The van der Waals surface area contributed by atoms with Crippen LogP contribution in [0.2, 0.25) is 5.02 Å². The number of amidine groups is 1. The number of aryl methyl sites for hydroxylation is 2. The molecule has 0 radical (unpaired) electrons. The van der Waals surface area contributed by atoms with Gasteiger partial charge in [0.15, 0.2) is 5.17 Å². The average molecular weight is 340 g/mol. The molecule has 1 aliphatic heterocycles. The van der Waals surface area contributed by atoms with Crippen molar-refractivity contribution in [3.63, 3.8) is 0 Å². The molecular weight excluding hydrogens is 326 g/mol. The van der Waals surface area contributed by atoms with Crippen molar-refractivity contribution in [1.29, 1.82) is 0 Å². The summed E-state index contributed by atoms with van der Waals surface area (Å²) in [6, 6.07) is 3.76. The zero-order chi connectivity index (χ0) is 16.3. The van der Waals surface area contributed by atoms with Gasteiger partial charge in [0, 0.05) is 5.02 Å². The molecule has 0 aromatic heterocycles. The lowest BCUT2D eigenvalue weighted by Crippen LogP contribution is -2.26. The first-order valence-electron chi connectivity index (χ1n) is 6.44. The van der Waals surface area contributed by atoms with E-state index in [0.29, 0.717) is 5.17 Å². The molecule has 1 atom stereocenters. The highest BCUT2D eigenvalue weighted by Gasteiger charge is 2.32. The highest BCUT2D eigenvalue weighted by Crippen LogP contribution is 2.23. The third-order valence-electron chi connectivity index (χ3n) is 2.95. The topological polar surface area (TPSA) is 91.1 Å². The van der Waals surface area contributed by atoms with Gasteiger partial charge >= 0.3 is 5.97 Å². The van der Waals surface area contributed by atoms with Gasteiger partial charge in [-0.25, -0.2) is 0 Å². The predicted molar refractivity (Wildman–Crippen MR) is 87.7 cm³/mol. The van der Waals surface area contributed by atoms with E-state index in [2.05, 4.69) is 15.5 Å². The normalized spacial score (nSPS) is 19.9. The Morgan fingerprint density at radius 1 is 1.45 bits per heavy atom. The number of amides is 1. The summed E-state index contributed by atoms with van der Waals surface area (Å²) in [7, 11) is 0. The molecule has 1 unspecified atom stereocenters. The Hall–Kier alpha value is -1.86. The monoisotopic (exact) mass is 339 g/mol. The molecule has 1 aromatic rings. The number of carboxylic acid groups (broad SMARTS) is 1. The van der Waals surface area contributed by atoms with Gasteiger partial charge in [0.2, 0.25) is 5.91 Å². The van der Waals surface area contributed by atoms with Crippen molar-refractivity contribution in [2.75, 3.05) is 0 Å². The van der Waals surface area contributed by atoms with Crippen LogP contribution < -0.4 is 5.32 Å². The number of nitrogens with one attached hydrogen (secondary N) is 1. The first-order chi connectivity index (χ1) is 10.4. The van der Waals surface area contributed by atoms with Crippen molar-refractivity contribution in [1.82, 2.24) is 5.32 Å². The summed E-state index contributed by atoms with van der Waals surface area (Å²) in [4.78, 5) is 22.2. The summed E-state index contributed by atoms with van der Waals surface area (Å²) in [5.74, 6) is -1.39. The van der Waals surface area contributed by atoms with Gasteiger partial charge in [-0.15, -0.1) is 5.10 Å². The van der Waals surface area contributed by atoms with E-state index in [1.165, 1.54) is 0 Å². The van der Waals surface area contributed by atoms with Crippen molar-refractivity contribution in [3.8, 4) is 0 Å². The molecule has 2 N–H and O–H groups in total. The van der Waals surface area contributed by atoms with Crippen LogP contribution in [0.25, 0.3) is 0 Å². The number of carbonyl (C=O) groups excluding carboxylic acids is 1. The molecule has 1 saturated heterocycles. The van der Waals surface area contributed by atoms with Gasteiger partial charge in [-0.1, -0.05) is 23.4 Å². The van der Waals surface area contributed by atoms with E-state index >= 15 is 0 Å². The van der Waals surface area contributed by atoms with E-state index < -0.39 is 11.2 Å². The molecule has 1 fully saturated rings. The number of aliphatic carboxylic acids is 1. The van der Waals surface area contributed by atoms with Crippen LogP contribution in [0.5, 0.6) is 0 Å². The number of benzene rings is 1. The maximum atomic E-state index is 11.5. The fourth-order valence-corrected chi connectivity index (χ4v) is 2.97. The van der Waals surface area contributed by atoms with Crippen molar-refractivity contribution < 1.29 is 14.7 Å². The van der Waals surface area contributed by atoms with Gasteiger partial charge in [0.05, 0.1) is 12.6 Å². The van der Waals surface area contributed by atoms with E-state index in [1.54, 1.807) is 6.21 Å². The molecule has 0 spiro atoms. The maximum Gasteiger partial charge on any atom is 0.305 e. The minimum Gasteiger partial charge on any atom is -0.481 e. The second-order valence-corrected chi connectivity index (χ2v) is 6.38. The average Bonchev–Trinajstić information content (AvgIpc) is 2.75. The van der Waals surface area contributed by atoms with Crippen LogP contribution in [-0.4, -0.2) is 33.6 Å². The summed E-state index contributed by atoms with van der Waals surface area (Å²) in [6.07, 6.45) is 1.31. The molecule has 1 heterocycles. The Morgan fingerprint density at radius 2 is 2.09 bits per heavy atom. The number of hydrogen-bond acceptors (Lipinski definition) is 5. The largest absolute Gasteiger partial charge is 0.481 e. The predicted octanol–water partition coefficient (Wildman–Crippen LogP) is 2.35. The van der Waals surface area contributed by atoms with Crippen molar-refractivity contribution >= 4 is 46.6 Å². The van der Waals surface area contributed by atoms with Crippen molar-refractivity contribution in [3.05, 3.63) is 33.8 Å². The Morgan fingerprint density at radius 3 is 2.68 bits per heavy atom. The SMILES string of the molecule is Cc1cc(C=NN=C2NC(=O)C(CC(=O)O)S2)cc(C)c1Cl. The smallest absolute Gasteiger partial charge is 0.305 e. The number of carboxylic acids is 1. The minimum atomic E-state index is -1.02.